The number of hydrogen-bond acceptors (Lipinski definition) is 5. The molecular formula is C29H27N5O4. The topological polar surface area (TPSA) is 101 Å². The number of ether oxygens (including phenoxy) is 2. The van der Waals surface area contributed by atoms with Gasteiger partial charge in [-0.2, -0.15) is 0 Å². The fourth-order valence-electron chi connectivity index (χ4n) is 5.09. The second kappa shape index (κ2) is 9.59. The summed E-state index contributed by atoms with van der Waals surface area (Å²) < 4.78 is 12.5. The molecule has 9 heteroatoms. The minimum absolute atomic E-state index is 0.000991. The van der Waals surface area contributed by atoms with Crippen LogP contribution in [0.1, 0.15) is 18.0 Å². The Kier molecular flexibility index (Phi) is 5.95. The molecule has 5 aromatic rings. The standard InChI is InChI=1S/C29H27N5O4/c1-37-20-9-7-19(8-10-20)31-27(35)16-26-28(36)33(29-32-24-5-3-4-6-25(24)34(26)29)14-13-18-17-30-23-12-11-21(38-2)15-22(18)23/h3-12,15,17,26,30H,13-14,16H2,1-2H3,(H,31,35)/t26-/m0/s1. The predicted octanol–water partition coefficient (Wildman–Crippen LogP) is 4.69. The maximum atomic E-state index is 13.7. The van der Waals surface area contributed by atoms with Crippen LogP contribution in [-0.4, -0.2) is 47.1 Å². The van der Waals surface area contributed by atoms with Gasteiger partial charge in [0.2, 0.25) is 11.9 Å². The Morgan fingerprint density at radius 2 is 1.79 bits per heavy atom. The quantitative estimate of drug-likeness (QED) is 0.316. The summed E-state index contributed by atoms with van der Waals surface area (Å²) in [6.07, 6.45) is 2.58. The van der Waals surface area contributed by atoms with Gasteiger partial charge < -0.3 is 19.8 Å². The van der Waals surface area contributed by atoms with Crippen molar-refractivity contribution in [3.05, 3.63) is 78.5 Å². The Morgan fingerprint density at radius 1 is 1.03 bits per heavy atom. The van der Waals surface area contributed by atoms with E-state index in [2.05, 4.69) is 10.3 Å². The van der Waals surface area contributed by atoms with Crippen LogP contribution in [0, 0.1) is 0 Å². The number of nitrogens with one attached hydrogen (secondary N) is 2. The Hall–Kier alpha value is -4.79. The third-order valence-corrected chi connectivity index (χ3v) is 7.01. The SMILES string of the molecule is COc1ccc(NC(=O)C[C@H]2C(=O)N(CCc3c[nH]c4ccc(OC)cc34)c3nc4ccccc4n32)cc1. The van der Waals surface area contributed by atoms with Crippen LogP contribution in [0.3, 0.4) is 0 Å². The second-order valence-electron chi connectivity index (χ2n) is 9.23. The number of imidazole rings is 1. The molecule has 0 radical (unpaired) electrons. The number of para-hydroxylation sites is 2. The van der Waals surface area contributed by atoms with Gasteiger partial charge in [-0.05, 0) is 66.6 Å². The molecule has 9 nitrogen and oxygen atoms in total. The first-order valence-corrected chi connectivity index (χ1v) is 12.4. The van der Waals surface area contributed by atoms with Crippen LogP contribution in [0.4, 0.5) is 11.6 Å². The monoisotopic (exact) mass is 509 g/mol. The van der Waals surface area contributed by atoms with Crippen LogP contribution in [0.2, 0.25) is 0 Å². The normalized spacial score (nSPS) is 14.7. The maximum absolute atomic E-state index is 13.7. The number of hydrogen-bond donors (Lipinski definition) is 2. The van der Waals surface area contributed by atoms with E-state index in [-0.39, 0.29) is 18.2 Å². The van der Waals surface area contributed by atoms with Gasteiger partial charge in [0.15, 0.2) is 0 Å². The first kappa shape index (κ1) is 23.6. The minimum atomic E-state index is -0.682. The number of carbonyl (C=O) groups excluding carboxylic acids is 2. The van der Waals surface area contributed by atoms with Crippen molar-refractivity contribution >= 4 is 45.4 Å². The Morgan fingerprint density at radius 3 is 2.58 bits per heavy atom. The smallest absolute Gasteiger partial charge is 0.253 e. The number of nitrogens with zero attached hydrogens (tertiary/aromatic N) is 3. The molecule has 0 saturated heterocycles. The van der Waals surface area contributed by atoms with Crippen molar-refractivity contribution in [2.45, 2.75) is 18.9 Å². The number of benzene rings is 3. The Balaban J connectivity index is 1.26. The zero-order chi connectivity index (χ0) is 26.2. The second-order valence-corrected chi connectivity index (χ2v) is 9.23. The third kappa shape index (κ3) is 4.11. The lowest BCUT2D eigenvalue weighted by Crippen LogP contribution is -2.33. The highest BCUT2D eigenvalue weighted by Gasteiger charge is 2.40. The third-order valence-electron chi connectivity index (χ3n) is 7.01. The van der Waals surface area contributed by atoms with Crippen molar-refractivity contribution in [1.82, 2.24) is 14.5 Å². The van der Waals surface area contributed by atoms with Gasteiger partial charge in [0, 0.05) is 29.3 Å². The number of anilines is 2. The number of methoxy groups -OCH3 is 2. The molecule has 1 aliphatic heterocycles. The fourth-order valence-corrected chi connectivity index (χ4v) is 5.09. The molecule has 3 heterocycles. The summed E-state index contributed by atoms with van der Waals surface area (Å²) >= 11 is 0. The highest BCUT2D eigenvalue weighted by atomic mass is 16.5. The van der Waals surface area contributed by atoms with E-state index in [4.69, 9.17) is 14.5 Å². The van der Waals surface area contributed by atoms with E-state index in [0.717, 1.165) is 33.2 Å². The average molecular weight is 510 g/mol. The van der Waals surface area contributed by atoms with Gasteiger partial charge in [-0.3, -0.25) is 19.1 Å². The van der Waals surface area contributed by atoms with Crippen molar-refractivity contribution in [2.24, 2.45) is 0 Å². The summed E-state index contributed by atoms with van der Waals surface area (Å²) in [5.74, 6) is 1.66. The van der Waals surface area contributed by atoms with Gasteiger partial charge in [-0.25, -0.2) is 4.98 Å². The van der Waals surface area contributed by atoms with Crippen LogP contribution < -0.4 is 19.7 Å². The molecular weight excluding hydrogens is 482 g/mol. The van der Waals surface area contributed by atoms with Gasteiger partial charge in [-0.1, -0.05) is 12.1 Å². The van der Waals surface area contributed by atoms with Crippen LogP contribution >= 0.6 is 0 Å². The van der Waals surface area contributed by atoms with E-state index < -0.39 is 6.04 Å². The summed E-state index contributed by atoms with van der Waals surface area (Å²) in [5.41, 5.74) is 4.35. The van der Waals surface area contributed by atoms with Gasteiger partial charge in [0.05, 0.1) is 31.7 Å². The largest absolute Gasteiger partial charge is 0.497 e. The highest BCUT2D eigenvalue weighted by molar-refractivity contribution is 6.05. The van der Waals surface area contributed by atoms with E-state index in [1.807, 2.05) is 53.2 Å². The molecule has 1 aliphatic rings. The lowest BCUT2D eigenvalue weighted by molar-refractivity contribution is -0.124. The predicted molar refractivity (Wildman–Crippen MR) is 146 cm³/mol. The summed E-state index contributed by atoms with van der Waals surface area (Å²) in [6, 6.07) is 20.0. The van der Waals surface area contributed by atoms with E-state index >= 15 is 0 Å². The van der Waals surface area contributed by atoms with Gasteiger partial charge in [-0.15, -0.1) is 0 Å². The van der Waals surface area contributed by atoms with E-state index in [9.17, 15) is 9.59 Å². The van der Waals surface area contributed by atoms with Gasteiger partial charge >= 0.3 is 0 Å². The molecule has 0 spiro atoms. The average Bonchev–Trinajstić information content (AvgIpc) is 3.59. The van der Waals surface area contributed by atoms with Gasteiger partial charge in [0.1, 0.15) is 17.5 Å². The Labute approximate surface area is 219 Å². The number of carbonyl (C=O) groups is 2. The molecule has 0 saturated carbocycles. The van der Waals surface area contributed by atoms with Crippen LogP contribution in [0.5, 0.6) is 11.5 Å². The number of aromatic nitrogens is 3. The van der Waals surface area contributed by atoms with Gasteiger partial charge in [0.25, 0.3) is 5.91 Å². The van der Waals surface area contributed by atoms with Crippen molar-refractivity contribution in [3.63, 3.8) is 0 Å². The van der Waals surface area contributed by atoms with E-state index in [0.29, 0.717) is 30.4 Å². The number of fused-ring (bicyclic) bond motifs is 4. The van der Waals surface area contributed by atoms with E-state index in [1.54, 1.807) is 43.4 Å². The lowest BCUT2D eigenvalue weighted by Gasteiger charge is -2.16. The molecule has 0 bridgehead atoms. The zero-order valence-electron chi connectivity index (χ0n) is 21.1. The molecule has 1 atom stereocenters. The van der Waals surface area contributed by atoms with Crippen LogP contribution in [-0.2, 0) is 16.0 Å². The molecule has 0 aliphatic carbocycles. The molecule has 192 valence electrons. The summed E-state index contributed by atoms with van der Waals surface area (Å²) in [4.78, 5) is 36.5. The minimum Gasteiger partial charge on any atom is -0.497 e. The number of amides is 2. The summed E-state index contributed by atoms with van der Waals surface area (Å²) in [7, 11) is 3.24. The molecule has 6 rings (SSSR count). The van der Waals surface area contributed by atoms with Crippen molar-refractivity contribution in [2.75, 3.05) is 31.0 Å². The molecule has 2 amide bonds. The number of H-pyrrole nitrogens is 1. The van der Waals surface area contributed by atoms with Crippen molar-refractivity contribution < 1.29 is 19.1 Å². The van der Waals surface area contributed by atoms with Crippen LogP contribution in [0.15, 0.2) is 72.9 Å². The zero-order valence-corrected chi connectivity index (χ0v) is 21.1. The number of aromatic amines is 1. The highest BCUT2D eigenvalue weighted by Crippen LogP contribution is 2.37. The van der Waals surface area contributed by atoms with Crippen LogP contribution in [0.25, 0.3) is 21.9 Å². The molecule has 2 aromatic heterocycles. The van der Waals surface area contributed by atoms with Crippen molar-refractivity contribution in [1.29, 1.82) is 0 Å². The summed E-state index contributed by atoms with van der Waals surface area (Å²) in [6.45, 7) is 0.433. The first-order chi connectivity index (χ1) is 18.6. The van der Waals surface area contributed by atoms with Crippen molar-refractivity contribution in [3.8, 4) is 11.5 Å². The Bertz CT molecular complexity index is 1650. The summed E-state index contributed by atoms with van der Waals surface area (Å²) in [5, 5.41) is 3.95. The lowest BCUT2D eigenvalue weighted by atomic mass is 10.1. The molecule has 0 fully saturated rings. The molecule has 2 N–H and O–H groups in total. The molecule has 0 unspecified atom stereocenters. The van der Waals surface area contributed by atoms with E-state index in [1.165, 1.54) is 0 Å². The molecule has 38 heavy (non-hydrogen) atoms. The maximum Gasteiger partial charge on any atom is 0.253 e. The fraction of sp³-hybridized carbons (Fsp3) is 0.207. The molecule has 3 aromatic carbocycles. The first-order valence-electron chi connectivity index (χ1n) is 12.4. The number of rotatable bonds is 8.